The van der Waals surface area contributed by atoms with Crippen molar-refractivity contribution in [2.24, 2.45) is 0 Å². The molecular formula is C12H18OS. The van der Waals surface area contributed by atoms with E-state index in [-0.39, 0.29) is 0 Å². The largest absolute Gasteiger partial charge is 0.297 e. The Morgan fingerprint density at radius 1 is 1.21 bits per heavy atom. The summed E-state index contributed by atoms with van der Waals surface area (Å²) in [5.74, 6) is 0. The monoisotopic (exact) mass is 210 g/mol. The fourth-order valence-corrected chi connectivity index (χ4v) is 2.36. The van der Waals surface area contributed by atoms with Gasteiger partial charge in [0.2, 0.25) is 0 Å². The number of hydrogen-bond acceptors (Lipinski definition) is 2. The van der Waals surface area contributed by atoms with E-state index in [1.165, 1.54) is 37.0 Å². The van der Waals surface area contributed by atoms with Crippen molar-refractivity contribution in [3.05, 3.63) is 21.9 Å². The lowest BCUT2D eigenvalue weighted by atomic mass is 10.1. The first-order chi connectivity index (χ1) is 6.86. The molecule has 0 saturated carbocycles. The Morgan fingerprint density at radius 3 is 2.64 bits per heavy atom. The van der Waals surface area contributed by atoms with E-state index < -0.39 is 0 Å². The quantitative estimate of drug-likeness (QED) is 0.489. The first kappa shape index (κ1) is 11.4. The fraction of sp³-hybridized carbons (Fsp3) is 0.583. The third-order valence-corrected chi connectivity index (χ3v) is 3.40. The number of hydrogen-bond donors (Lipinski definition) is 0. The lowest BCUT2D eigenvalue weighted by molar-refractivity contribution is 0.112. The Balaban J connectivity index is 2.14. The van der Waals surface area contributed by atoms with E-state index in [0.29, 0.717) is 0 Å². The summed E-state index contributed by atoms with van der Waals surface area (Å²) >= 11 is 1.63. The third-order valence-electron chi connectivity index (χ3n) is 2.33. The molecule has 1 rings (SSSR count). The van der Waals surface area contributed by atoms with Gasteiger partial charge in [0.25, 0.3) is 0 Å². The maximum absolute atomic E-state index is 10.4. The number of unbranched alkanes of at least 4 members (excludes halogenated alkanes) is 4. The van der Waals surface area contributed by atoms with Gasteiger partial charge in [0.05, 0.1) is 4.88 Å². The van der Waals surface area contributed by atoms with E-state index in [1.807, 2.05) is 6.07 Å². The van der Waals surface area contributed by atoms with Gasteiger partial charge in [0.15, 0.2) is 6.29 Å². The van der Waals surface area contributed by atoms with E-state index >= 15 is 0 Å². The smallest absolute Gasteiger partial charge is 0.160 e. The van der Waals surface area contributed by atoms with Crippen LogP contribution in [0.3, 0.4) is 0 Å². The number of aldehydes is 1. The topological polar surface area (TPSA) is 17.1 Å². The van der Waals surface area contributed by atoms with Crippen LogP contribution in [0.4, 0.5) is 0 Å². The van der Waals surface area contributed by atoms with Crippen LogP contribution in [0, 0.1) is 0 Å². The maximum atomic E-state index is 10.4. The zero-order chi connectivity index (χ0) is 10.2. The average Bonchev–Trinajstić information content (AvgIpc) is 2.65. The Hall–Kier alpha value is -0.630. The van der Waals surface area contributed by atoms with Crippen LogP contribution in [0.25, 0.3) is 0 Å². The Labute approximate surface area is 90.2 Å². The predicted octanol–water partition coefficient (Wildman–Crippen LogP) is 4.07. The van der Waals surface area contributed by atoms with Gasteiger partial charge in [0.1, 0.15) is 0 Å². The van der Waals surface area contributed by atoms with Crippen molar-refractivity contribution in [2.45, 2.75) is 45.4 Å². The average molecular weight is 210 g/mol. The molecule has 0 saturated heterocycles. The zero-order valence-corrected chi connectivity index (χ0v) is 9.61. The second-order valence-corrected chi connectivity index (χ2v) is 4.79. The van der Waals surface area contributed by atoms with Gasteiger partial charge in [-0.3, -0.25) is 4.79 Å². The van der Waals surface area contributed by atoms with Crippen molar-refractivity contribution in [3.8, 4) is 0 Å². The van der Waals surface area contributed by atoms with Crippen LogP contribution < -0.4 is 0 Å². The number of rotatable bonds is 7. The third kappa shape index (κ3) is 4.05. The Bertz CT molecular complexity index is 265. The van der Waals surface area contributed by atoms with Crippen LogP contribution in [0.1, 0.15) is 53.6 Å². The number of carbonyl (C=O) groups excluding carboxylic acids is 1. The van der Waals surface area contributed by atoms with Crippen molar-refractivity contribution in [1.29, 1.82) is 0 Å². The number of thiophene rings is 1. The molecule has 1 nitrogen and oxygen atoms in total. The zero-order valence-electron chi connectivity index (χ0n) is 8.79. The van der Waals surface area contributed by atoms with E-state index in [9.17, 15) is 4.79 Å². The van der Waals surface area contributed by atoms with Crippen LogP contribution in [-0.2, 0) is 6.42 Å². The molecule has 0 atom stereocenters. The summed E-state index contributed by atoms with van der Waals surface area (Å²) in [6, 6.07) is 3.99. The molecule has 1 aromatic rings. The molecule has 78 valence electrons. The second-order valence-electron chi connectivity index (χ2n) is 3.59. The standard InChI is InChI=1S/C12H18OS/c1-2-3-4-5-6-7-11-8-9-12(10-13)14-11/h8-10H,2-7H2,1H3. The molecule has 14 heavy (non-hydrogen) atoms. The molecular weight excluding hydrogens is 192 g/mol. The molecule has 0 radical (unpaired) electrons. The molecule has 0 aliphatic carbocycles. The molecule has 0 aromatic carbocycles. The first-order valence-electron chi connectivity index (χ1n) is 5.40. The highest BCUT2D eigenvalue weighted by molar-refractivity contribution is 7.13. The fourth-order valence-electron chi connectivity index (χ4n) is 1.49. The minimum atomic E-state index is 0.855. The van der Waals surface area contributed by atoms with Crippen molar-refractivity contribution in [2.75, 3.05) is 0 Å². The molecule has 1 heterocycles. The summed E-state index contributed by atoms with van der Waals surface area (Å²) in [5, 5.41) is 0. The second kappa shape index (κ2) is 6.77. The van der Waals surface area contributed by atoms with Crippen molar-refractivity contribution in [3.63, 3.8) is 0 Å². The highest BCUT2D eigenvalue weighted by Gasteiger charge is 1.98. The normalized spacial score (nSPS) is 10.4. The molecule has 0 bridgehead atoms. The van der Waals surface area contributed by atoms with Gasteiger partial charge in [0, 0.05) is 4.88 Å². The summed E-state index contributed by atoms with van der Waals surface area (Å²) in [5.41, 5.74) is 0. The molecule has 1 aromatic heterocycles. The molecule has 0 aliphatic heterocycles. The van der Waals surface area contributed by atoms with E-state index in [4.69, 9.17) is 0 Å². The van der Waals surface area contributed by atoms with E-state index in [0.717, 1.165) is 17.6 Å². The summed E-state index contributed by atoms with van der Waals surface area (Å²) in [7, 11) is 0. The Kier molecular flexibility index (Phi) is 5.53. The van der Waals surface area contributed by atoms with Gasteiger partial charge in [-0.15, -0.1) is 11.3 Å². The summed E-state index contributed by atoms with van der Waals surface area (Å²) < 4.78 is 0. The Morgan fingerprint density at radius 2 is 2.00 bits per heavy atom. The van der Waals surface area contributed by atoms with Crippen LogP contribution in [-0.4, -0.2) is 6.29 Å². The predicted molar refractivity (Wildman–Crippen MR) is 62.2 cm³/mol. The van der Waals surface area contributed by atoms with Gasteiger partial charge in [-0.1, -0.05) is 32.6 Å². The molecule has 0 aliphatic rings. The van der Waals surface area contributed by atoms with Gasteiger partial charge in [-0.05, 0) is 25.0 Å². The number of aryl methyl sites for hydroxylation is 1. The molecule has 0 amide bonds. The van der Waals surface area contributed by atoms with Crippen LogP contribution in [0.2, 0.25) is 0 Å². The minimum Gasteiger partial charge on any atom is -0.297 e. The molecule has 2 heteroatoms. The van der Waals surface area contributed by atoms with Crippen molar-refractivity contribution >= 4 is 17.6 Å². The van der Waals surface area contributed by atoms with Crippen molar-refractivity contribution in [1.82, 2.24) is 0 Å². The van der Waals surface area contributed by atoms with E-state index in [1.54, 1.807) is 11.3 Å². The van der Waals surface area contributed by atoms with Gasteiger partial charge in [-0.2, -0.15) is 0 Å². The lowest BCUT2D eigenvalue weighted by Crippen LogP contribution is -1.81. The van der Waals surface area contributed by atoms with Gasteiger partial charge >= 0.3 is 0 Å². The first-order valence-corrected chi connectivity index (χ1v) is 6.22. The van der Waals surface area contributed by atoms with Gasteiger partial charge < -0.3 is 0 Å². The maximum Gasteiger partial charge on any atom is 0.160 e. The highest BCUT2D eigenvalue weighted by atomic mass is 32.1. The molecule has 0 unspecified atom stereocenters. The summed E-state index contributed by atoms with van der Waals surface area (Å²) in [6.07, 6.45) is 8.66. The van der Waals surface area contributed by atoms with Gasteiger partial charge in [-0.25, -0.2) is 0 Å². The summed E-state index contributed by atoms with van der Waals surface area (Å²) in [6.45, 7) is 2.23. The SMILES string of the molecule is CCCCCCCc1ccc(C=O)s1. The van der Waals surface area contributed by atoms with E-state index in [2.05, 4.69) is 13.0 Å². The van der Waals surface area contributed by atoms with Crippen LogP contribution >= 0.6 is 11.3 Å². The van der Waals surface area contributed by atoms with Crippen LogP contribution in [0.5, 0.6) is 0 Å². The van der Waals surface area contributed by atoms with Crippen molar-refractivity contribution < 1.29 is 4.79 Å². The lowest BCUT2D eigenvalue weighted by Gasteiger charge is -1.97. The molecule has 0 N–H and O–H groups in total. The highest BCUT2D eigenvalue weighted by Crippen LogP contribution is 2.17. The summed E-state index contributed by atoms with van der Waals surface area (Å²) in [4.78, 5) is 12.7. The van der Waals surface area contributed by atoms with Crippen LogP contribution in [0.15, 0.2) is 12.1 Å². The number of carbonyl (C=O) groups is 1. The molecule has 0 spiro atoms. The minimum absolute atomic E-state index is 0.855. The molecule has 0 fully saturated rings.